The van der Waals surface area contributed by atoms with Gasteiger partial charge in [0.2, 0.25) is 0 Å². The average Bonchev–Trinajstić information content (AvgIpc) is 3.04. The molecule has 152 valence electrons. The Labute approximate surface area is 157 Å². The quantitative estimate of drug-likeness (QED) is 0.812. The van der Waals surface area contributed by atoms with Crippen LogP contribution in [0.3, 0.4) is 0 Å². The largest absolute Gasteiger partial charge is 0.405 e. The Bertz CT molecular complexity index is 633. The van der Waals surface area contributed by atoms with Crippen molar-refractivity contribution in [2.45, 2.75) is 50.2 Å². The van der Waals surface area contributed by atoms with E-state index in [2.05, 4.69) is 15.7 Å². The first kappa shape index (κ1) is 20.1. The Hall–Kier alpha value is -1.61. The molecule has 2 N–H and O–H groups in total. The summed E-state index contributed by atoms with van der Waals surface area (Å²) in [5, 5.41) is 10.0. The normalized spacial score (nSPS) is 21.2. The lowest BCUT2D eigenvalue weighted by Gasteiger charge is -2.35. The van der Waals surface area contributed by atoms with Crippen LogP contribution in [0.2, 0.25) is 0 Å². The number of aryl methyl sites for hydroxylation is 1. The number of amides is 1. The number of carbonyl (C=O) groups excluding carboxylic acids is 1. The highest BCUT2D eigenvalue weighted by Gasteiger charge is 2.44. The predicted octanol–water partition coefficient (Wildman–Crippen LogP) is 2.03. The van der Waals surface area contributed by atoms with Gasteiger partial charge in [0.25, 0.3) is 5.91 Å². The summed E-state index contributed by atoms with van der Waals surface area (Å²) in [5.74, 6) is -0.250. The van der Waals surface area contributed by atoms with Gasteiger partial charge in [0.15, 0.2) is 0 Å². The van der Waals surface area contributed by atoms with E-state index in [1.54, 1.807) is 17.9 Å². The molecule has 1 atom stereocenters. The van der Waals surface area contributed by atoms with Crippen LogP contribution >= 0.6 is 0 Å². The highest BCUT2D eigenvalue weighted by atomic mass is 19.4. The Morgan fingerprint density at radius 2 is 1.96 bits per heavy atom. The Morgan fingerprint density at radius 3 is 2.59 bits per heavy atom. The van der Waals surface area contributed by atoms with Crippen molar-refractivity contribution in [3.8, 4) is 0 Å². The molecular weight excluding hydrogens is 359 g/mol. The average molecular weight is 387 g/mol. The number of aromatic nitrogens is 2. The third-order valence-electron chi connectivity index (χ3n) is 5.52. The molecular formula is C18H28F3N5O. The van der Waals surface area contributed by atoms with Crippen molar-refractivity contribution < 1.29 is 18.0 Å². The van der Waals surface area contributed by atoms with Gasteiger partial charge in [0.1, 0.15) is 6.04 Å². The van der Waals surface area contributed by atoms with Gasteiger partial charge in [-0.25, -0.2) is 0 Å². The van der Waals surface area contributed by atoms with Crippen LogP contribution in [0.25, 0.3) is 0 Å². The molecule has 1 aliphatic carbocycles. The zero-order valence-electron chi connectivity index (χ0n) is 15.7. The summed E-state index contributed by atoms with van der Waals surface area (Å²) in [7, 11) is 1.74. The van der Waals surface area contributed by atoms with Crippen molar-refractivity contribution in [1.29, 1.82) is 0 Å². The van der Waals surface area contributed by atoms with E-state index in [-0.39, 0.29) is 5.92 Å². The Morgan fingerprint density at radius 1 is 1.30 bits per heavy atom. The lowest BCUT2D eigenvalue weighted by Crippen LogP contribution is -2.57. The number of rotatable bonds is 5. The predicted molar refractivity (Wildman–Crippen MR) is 95.7 cm³/mol. The number of hydrogen-bond donors (Lipinski definition) is 2. The number of alkyl halides is 3. The molecule has 27 heavy (non-hydrogen) atoms. The minimum Gasteiger partial charge on any atom is -0.350 e. The number of nitrogens with one attached hydrogen (secondary N) is 2. The van der Waals surface area contributed by atoms with Gasteiger partial charge < -0.3 is 10.6 Å². The topological polar surface area (TPSA) is 62.2 Å². The minimum atomic E-state index is -4.38. The third kappa shape index (κ3) is 5.01. The summed E-state index contributed by atoms with van der Waals surface area (Å²) in [6, 6.07) is -1.67. The molecule has 2 aliphatic rings. The van der Waals surface area contributed by atoms with E-state index in [1.165, 1.54) is 11.3 Å². The summed E-state index contributed by atoms with van der Waals surface area (Å²) in [4.78, 5) is 14.1. The zero-order chi connectivity index (χ0) is 19.4. The van der Waals surface area contributed by atoms with Crippen LogP contribution < -0.4 is 10.6 Å². The van der Waals surface area contributed by atoms with Gasteiger partial charge in [0.05, 0.1) is 11.3 Å². The molecule has 2 heterocycles. The summed E-state index contributed by atoms with van der Waals surface area (Å²) in [6.45, 7) is 1.24. The van der Waals surface area contributed by atoms with E-state index in [0.29, 0.717) is 31.7 Å². The maximum Gasteiger partial charge on any atom is 0.405 e. The molecule has 1 unspecified atom stereocenters. The SMILES string of the molecule is Cn1cc(C(=O)NCC(N2CCNCC2)C(F)(F)F)c(C2CCCCC2)n1. The molecule has 1 amide bonds. The smallest absolute Gasteiger partial charge is 0.350 e. The molecule has 0 spiro atoms. The van der Waals surface area contributed by atoms with Crippen molar-refractivity contribution in [2.24, 2.45) is 7.05 Å². The number of halogens is 3. The summed E-state index contributed by atoms with van der Waals surface area (Å²) < 4.78 is 42.1. The van der Waals surface area contributed by atoms with Crippen molar-refractivity contribution in [3.05, 3.63) is 17.5 Å². The van der Waals surface area contributed by atoms with Crippen LogP contribution in [0.5, 0.6) is 0 Å². The molecule has 0 aromatic carbocycles. The maximum absolute atomic E-state index is 13.5. The van der Waals surface area contributed by atoms with Crippen molar-refractivity contribution in [2.75, 3.05) is 32.7 Å². The Balaban J connectivity index is 1.68. The van der Waals surface area contributed by atoms with E-state index in [1.807, 2.05) is 0 Å². The van der Waals surface area contributed by atoms with Crippen molar-refractivity contribution >= 4 is 5.91 Å². The van der Waals surface area contributed by atoms with Crippen molar-refractivity contribution in [1.82, 2.24) is 25.3 Å². The van der Waals surface area contributed by atoms with Crippen LogP contribution in [0.4, 0.5) is 13.2 Å². The molecule has 3 rings (SSSR count). The van der Waals surface area contributed by atoms with Crippen LogP contribution in [0.15, 0.2) is 6.20 Å². The fourth-order valence-electron chi connectivity index (χ4n) is 4.09. The van der Waals surface area contributed by atoms with Gasteiger partial charge >= 0.3 is 6.18 Å². The van der Waals surface area contributed by atoms with Crippen LogP contribution in [-0.2, 0) is 7.05 Å². The van der Waals surface area contributed by atoms with E-state index < -0.39 is 24.7 Å². The lowest BCUT2D eigenvalue weighted by atomic mass is 9.85. The number of nitrogens with zero attached hydrogens (tertiary/aromatic N) is 3. The molecule has 0 bridgehead atoms. The van der Waals surface area contributed by atoms with E-state index in [9.17, 15) is 18.0 Å². The number of hydrogen-bond acceptors (Lipinski definition) is 4. The van der Waals surface area contributed by atoms with Crippen LogP contribution in [0, 0.1) is 0 Å². The second kappa shape index (κ2) is 8.60. The van der Waals surface area contributed by atoms with E-state index >= 15 is 0 Å². The van der Waals surface area contributed by atoms with Gasteiger partial charge in [-0.3, -0.25) is 14.4 Å². The number of carbonyl (C=O) groups is 1. The highest BCUT2D eigenvalue weighted by molar-refractivity contribution is 5.95. The molecule has 1 aromatic rings. The fourth-order valence-corrected chi connectivity index (χ4v) is 4.09. The minimum absolute atomic E-state index is 0.215. The first-order valence-corrected chi connectivity index (χ1v) is 9.69. The molecule has 2 fully saturated rings. The summed E-state index contributed by atoms with van der Waals surface area (Å²) in [5.41, 5.74) is 1.13. The van der Waals surface area contributed by atoms with Crippen LogP contribution in [-0.4, -0.2) is 65.5 Å². The highest BCUT2D eigenvalue weighted by Crippen LogP contribution is 2.33. The van der Waals surface area contributed by atoms with E-state index in [4.69, 9.17) is 0 Å². The second-order valence-electron chi connectivity index (χ2n) is 7.49. The van der Waals surface area contributed by atoms with Gasteiger partial charge in [0, 0.05) is 51.9 Å². The molecule has 0 radical (unpaired) electrons. The van der Waals surface area contributed by atoms with E-state index in [0.717, 1.165) is 31.4 Å². The summed E-state index contributed by atoms with van der Waals surface area (Å²) in [6.07, 6.45) is 2.57. The van der Waals surface area contributed by atoms with Gasteiger partial charge in [-0.05, 0) is 12.8 Å². The first-order chi connectivity index (χ1) is 12.9. The molecule has 9 heteroatoms. The first-order valence-electron chi connectivity index (χ1n) is 9.69. The maximum atomic E-state index is 13.5. The molecule has 1 saturated heterocycles. The second-order valence-corrected chi connectivity index (χ2v) is 7.49. The molecule has 1 aliphatic heterocycles. The third-order valence-corrected chi connectivity index (χ3v) is 5.52. The van der Waals surface area contributed by atoms with Gasteiger partial charge in [-0.15, -0.1) is 0 Å². The van der Waals surface area contributed by atoms with Gasteiger partial charge in [-0.2, -0.15) is 18.3 Å². The zero-order valence-corrected chi connectivity index (χ0v) is 15.7. The summed E-state index contributed by atoms with van der Waals surface area (Å²) >= 11 is 0. The molecule has 1 aromatic heterocycles. The molecule has 1 saturated carbocycles. The molecule has 6 nitrogen and oxygen atoms in total. The van der Waals surface area contributed by atoms with Gasteiger partial charge in [-0.1, -0.05) is 19.3 Å². The monoisotopic (exact) mass is 387 g/mol. The van der Waals surface area contributed by atoms with Crippen LogP contribution in [0.1, 0.15) is 54.1 Å². The fraction of sp³-hybridized carbons (Fsp3) is 0.778. The number of piperazine rings is 1. The Kier molecular flexibility index (Phi) is 6.41. The lowest BCUT2D eigenvalue weighted by molar-refractivity contribution is -0.183. The standard InChI is InChI=1S/C18H28F3N5O/c1-25-12-14(16(24-25)13-5-3-2-4-6-13)17(27)23-11-15(18(19,20)21)26-9-7-22-8-10-26/h12-13,15,22H,2-11H2,1H3,(H,23,27). The van der Waals surface area contributed by atoms with Crippen molar-refractivity contribution in [3.63, 3.8) is 0 Å².